The summed E-state index contributed by atoms with van der Waals surface area (Å²) in [7, 11) is 0. The number of rotatable bonds is 1. The molecule has 1 aliphatic carbocycles. The zero-order valence-electron chi connectivity index (χ0n) is 10.5. The third-order valence-corrected chi connectivity index (χ3v) is 4.67. The second kappa shape index (κ2) is 4.86. The molecule has 0 bridgehead atoms. The van der Waals surface area contributed by atoms with Gasteiger partial charge in [0.05, 0.1) is 0 Å². The maximum absolute atomic E-state index is 3.81. The summed E-state index contributed by atoms with van der Waals surface area (Å²) in [5, 5.41) is 3.81. The van der Waals surface area contributed by atoms with Crippen LogP contribution in [0, 0.1) is 11.3 Å². The molecule has 88 valence electrons. The Bertz CT molecular complexity index is 190. The molecule has 2 unspecified atom stereocenters. The zero-order valence-corrected chi connectivity index (χ0v) is 10.5. The molecule has 0 amide bonds. The molecule has 1 aliphatic heterocycles. The minimum Gasteiger partial charge on any atom is -0.314 e. The summed E-state index contributed by atoms with van der Waals surface area (Å²) in [4.78, 5) is 0. The highest BCUT2D eigenvalue weighted by Gasteiger charge is 2.37. The molecule has 1 nitrogen and oxygen atoms in total. The van der Waals surface area contributed by atoms with Gasteiger partial charge in [0, 0.05) is 6.04 Å². The molecular formula is C14H27N. The fraction of sp³-hybridized carbons (Fsp3) is 1.00. The van der Waals surface area contributed by atoms with Gasteiger partial charge in [0.2, 0.25) is 0 Å². The van der Waals surface area contributed by atoms with E-state index in [0.717, 1.165) is 12.0 Å². The Kier molecular flexibility index (Phi) is 3.71. The van der Waals surface area contributed by atoms with Gasteiger partial charge in [-0.05, 0) is 43.6 Å². The standard InChI is InChI=1S/C14H27N/c1-14(2)10-6-5-8-12(14)13-9-4-3-7-11-15-13/h12-13,15H,3-11H2,1-2H3. The Balaban J connectivity index is 1.99. The van der Waals surface area contributed by atoms with E-state index in [1.165, 1.54) is 57.9 Å². The quantitative estimate of drug-likeness (QED) is 0.694. The molecule has 1 saturated carbocycles. The van der Waals surface area contributed by atoms with Crippen LogP contribution in [0.15, 0.2) is 0 Å². The lowest BCUT2D eigenvalue weighted by molar-refractivity contribution is 0.0966. The molecule has 1 heteroatoms. The molecule has 0 aromatic rings. The maximum Gasteiger partial charge on any atom is 0.0100 e. The molecule has 0 aromatic heterocycles. The van der Waals surface area contributed by atoms with Gasteiger partial charge >= 0.3 is 0 Å². The second-order valence-electron chi connectivity index (χ2n) is 6.25. The monoisotopic (exact) mass is 209 g/mol. The van der Waals surface area contributed by atoms with Gasteiger partial charge in [-0.1, -0.05) is 39.5 Å². The minimum atomic E-state index is 0.584. The summed E-state index contributed by atoms with van der Waals surface area (Å²) in [6.07, 6.45) is 11.5. The van der Waals surface area contributed by atoms with E-state index in [1.54, 1.807) is 0 Å². The van der Waals surface area contributed by atoms with Crippen LogP contribution in [0.2, 0.25) is 0 Å². The molecule has 1 heterocycles. The molecular weight excluding hydrogens is 182 g/mol. The van der Waals surface area contributed by atoms with Crippen molar-refractivity contribution in [1.82, 2.24) is 5.32 Å². The van der Waals surface area contributed by atoms with E-state index in [9.17, 15) is 0 Å². The first-order valence-electron chi connectivity index (χ1n) is 6.93. The highest BCUT2D eigenvalue weighted by atomic mass is 14.9. The Morgan fingerprint density at radius 1 is 0.933 bits per heavy atom. The van der Waals surface area contributed by atoms with Gasteiger partial charge in [-0.2, -0.15) is 0 Å². The molecule has 0 radical (unpaired) electrons. The second-order valence-corrected chi connectivity index (χ2v) is 6.25. The Morgan fingerprint density at radius 2 is 1.73 bits per heavy atom. The van der Waals surface area contributed by atoms with Gasteiger partial charge in [0.25, 0.3) is 0 Å². The van der Waals surface area contributed by atoms with Crippen LogP contribution < -0.4 is 5.32 Å². The minimum absolute atomic E-state index is 0.584. The first-order valence-corrected chi connectivity index (χ1v) is 6.93. The average molecular weight is 209 g/mol. The van der Waals surface area contributed by atoms with Crippen LogP contribution in [-0.2, 0) is 0 Å². The van der Waals surface area contributed by atoms with Crippen LogP contribution in [0.5, 0.6) is 0 Å². The van der Waals surface area contributed by atoms with Crippen molar-refractivity contribution in [3.05, 3.63) is 0 Å². The highest BCUT2D eigenvalue weighted by Crippen LogP contribution is 2.43. The largest absolute Gasteiger partial charge is 0.314 e. The predicted molar refractivity (Wildman–Crippen MR) is 66.0 cm³/mol. The molecule has 15 heavy (non-hydrogen) atoms. The van der Waals surface area contributed by atoms with E-state index >= 15 is 0 Å². The molecule has 0 spiro atoms. The summed E-state index contributed by atoms with van der Waals surface area (Å²) in [6.45, 7) is 6.24. The van der Waals surface area contributed by atoms with Crippen molar-refractivity contribution in [3.8, 4) is 0 Å². The van der Waals surface area contributed by atoms with Crippen molar-refractivity contribution in [2.24, 2.45) is 11.3 Å². The SMILES string of the molecule is CC1(C)CCCCC1C1CCCCCN1. The molecule has 1 N–H and O–H groups in total. The van der Waals surface area contributed by atoms with Crippen molar-refractivity contribution < 1.29 is 0 Å². The summed E-state index contributed by atoms with van der Waals surface area (Å²) < 4.78 is 0. The van der Waals surface area contributed by atoms with Crippen LogP contribution in [0.25, 0.3) is 0 Å². The Hall–Kier alpha value is -0.0400. The normalized spacial score (nSPS) is 37.2. The number of nitrogens with one attached hydrogen (secondary N) is 1. The lowest BCUT2D eigenvalue weighted by Gasteiger charge is -2.43. The van der Waals surface area contributed by atoms with E-state index < -0.39 is 0 Å². The molecule has 2 atom stereocenters. The summed E-state index contributed by atoms with van der Waals surface area (Å²) in [5.41, 5.74) is 0.584. The first kappa shape index (κ1) is 11.4. The van der Waals surface area contributed by atoms with Gasteiger partial charge in [0.15, 0.2) is 0 Å². The van der Waals surface area contributed by atoms with Gasteiger partial charge in [-0.25, -0.2) is 0 Å². The van der Waals surface area contributed by atoms with Crippen LogP contribution in [-0.4, -0.2) is 12.6 Å². The number of hydrogen-bond acceptors (Lipinski definition) is 1. The summed E-state index contributed by atoms with van der Waals surface area (Å²) >= 11 is 0. The van der Waals surface area contributed by atoms with Crippen LogP contribution in [0.1, 0.15) is 65.2 Å². The van der Waals surface area contributed by atoms with Crippen molar-refractivity contribution in [3.63, 3.8) is 0 Å². The van der Waals surface area contributed by atoms with Gasteiger partial charge in [-0.15, -0.1) is 0 Å². The van der Waals surface area contributed by atoms with Crippen LogP contribution in [0.4, 0.5) is 0 Å². The predicted octanol–water partition coefficient (Wildman–Crippen LogP) is 3.74. The van der Waals surface area contributed by atoms with Gasteiger partial charge in [0.1, 0.15) is 0 Å². The smallest absolute Gasteiger partial charge is 0.0100 e. The average Bonchev–Trinajstić information content (AvgIpc) is 2.45. The fourth-order valence-corrected chi connectivity index (χ4v) is 3.67. The van der Waals surface area contributed by atoms with E-state index in [1.807, 2.05) is 0 Å². The van der Waals surface area contributed by atoms with Crippen LogP contribution in [0.3, 0.4) is 0 Å². The van der Waals surface area contributed by atoms with Crippen LogP contribution >= 0.6 is 0 Å². The zero-order chi connectivity index (χ0) is 10.7. The lowest BCUT2D eigenvalue weighted by atomic mass is 9.65. The van der Waals surface area contributed by atoms with Crippen molar-refractivity contribution in [2.75, 3.05) is 6.54 Å². The van der Waals surface area contributed by atoms with Crippen molar-refractivity contribution >= 4 is 0 Å². The van der Waals surface area contributed by atoms with E-state index in [0.29, 0.717) is 5.41 Å². The third-order valence-electron chi connectivity index (χ3n) is 4.67. The molecule has 0 aromatic carbocycles. The summed E-state index contributed by atoms with van der Waals surface area (Å²) in [6, 6.07) is 0.822. The molecule has 2 aliphatic rings. The topological polar surface area (TPSA) is 12.0 Å². The highest BCUT2D eigenvalue weighted by molar-refractivity contribution is 4.91. The maximum atomic E-state index is 3.81. The van der Waals surface area contributed by atoms with Gasteiger partial charge < -0.3 is 5.32 Å². The fourth-order valence-electron chi connectivity index (χ4n) is 3.67. The molecule has 2 rings (SSSR count). The molecule has 2 fully saturated rings. The Morgan fingerprint density at radius 3 is 2.53 bits per heavy atom. The summed E-state index contributed by atoms with van der Waals surface area (Å²) in [5.74, 6) is 0.935. The van der Waals surface area contributed by atoms with E-state index in [-0.39, 0.29) is 0 Å². The molecule has 1 saturated heterocycles. The van der Waals surface area contributed by atoms with Gasteiger partial charge in [-0.3, -0.25) is 0 Å². The van der Waals surface area contributed by atoms with E-state index in [4.69, 9.17) is 0 Å². The van der Waals surface area contributed by atoms with Crippen molar-refractivity contribution in [1.29, 1.82) is 0 Å². The first-order chi connectivity index (χ1) is 7.20. The lowest BCUT2D eigenvalue weighted by Crippen LogP contribution is -2.44. The Labute approximate surface area is 95.0 Å². The van der Waals surface area contributed by atoms with E-state index in [2.05, 4.69) is 19.2 Å². The van der Waals surface area contributed by atoms with Crippen molar-refractivity contribution in [2.45, 2.75) is 71.3 Å². The number of hydrogen-bond donors (Lipinski definition) is 1. The third kappa shape index (κ3) is 2.75.